The number of ether oxygens (including phenoxy) is 1. The van der Waals surface area contributed by atoms with Crippen LogP contribution in [0, 0.1) is 5.92 Å². The van der Waals surface area contributed by atoms with Crippen molar-refractivity contribution >= 4 is 5.97 Å². The van der Waals surface area contributed by atoms with Crippen molar-refractivity contribution in [2.75, 3.05) is 6.61 Å². The summed E-state index contributed by atoms with van der Waals surface area (Å²) >= 11 is 0. The lowest BCUT2D eigenvalue weighted by Gasteiger charge is -2.36. The summed E-state index contributed by atoms with van der Waals surface area (Å²) in [5.41, 5.74) is -0.0543. The van der Waals surface area contributed by atoms with Gasteiger partial charge in [-0.25, -0.2) is 0 Å². The number of hydrogen-bond donors (Lipinski definition) is 1. The standard InChI is InChI=1S/C10H16O3/c11-9(12)8-3-6-13-10(7-8)4-1-2-5-10/h8H,1-7H2,(H,11,12). The molecular formula is C10H16O3. The van der Waals surface area contributed by atoms with Crippen LogP contribution < -0.4 is 0 Å². The molecule has 0 radical (unpaired) electrons. The molecule has 0 bridgehead atoms. The fourth-order valence-electron chi connectivity index (χ4n) is 2.61. The lowest BCUT2D eigenvalue weighted by molar-refractivity contribution is -0.154. The molecule has 0 aromatic heterocycles. The Morgan fingerprint density at radius 3 is 2.69 bits per heavy atom. The molecule has 1 saturated carbocycles. The first-order valence-electron chi connectivity index (χ1n) is 5.09. The monoisotopic (exact) mass is 184 g/mol. The second-order valence-electron chi connectivity index (χ2n) is 4.27. The van der Waals surface area contributed by atoms with Gasteiger partial charge in [0.05, 0.1) is 11.5 Å². The number of carbonyl (C=O) groups is 1. The Kier molecular flexibility index (Phi) is 2.28. The Bertz CT molecular complexity index is 206. The Hall–Kier alpha value is -0.570. The number of hydrogen-bond acceptors (Lipinski definition) is 2. The maximum Gasteiger partial charge on any atom is 0.306 e. The summed E-state index contributed by atoms with van der Waals surface area (Å²) in [7, 11) is 0. The van der Waals surface area contributed by atoms with Gasteiger partial charge in [-0.3, -0.25) is 4.79 Å². The van der Waals surface area contributed by atoms with Crippen LogP contribution in [0.1, 0.15) is 38.5 Å². The van der Waals surface area contributed by atoms with Crippen molar-refractivity contribution in [1.82, 2.24) is 0 Å². The first-order chi connectivity index (χ1) is 6.22. The summed E-state index contributed by atoms with van der Waals surface area (Å²) < 4.78 is 5.74. The van der Waals surface area contributed by atoms with Gasteiger partial charge in [0.25, 0.3) is 0 Å². The van der Waals surface area contributed by atoms with Crippen molar-refractivity contribution in [3.63, 3.8) is 0 Å². The van der Waals surface area contributed by atoms with Gasteiger partial charge in [0.15, 0.2) is 0 Å². The molecule has 1 aliphatic heterocycles. The van der Waals surface area contributed by atoms with Gasteiger partial charge in [-0.05, 0) is 25.7 Å². The highest BCUT2D eigenvalue weighted by molar-refractivity contribution is 5.70. The highest BCUT2D eigenvalue weighted by Gasteiger charge is 2.41. The van der Waals surface area contributed by atoms with Crippen LogP contribution in [-0.4, -0.2) is 23.3 Å². The molecule has 0 amide bonds. The van der Waals surface area contributed by atoms with Crippen molar-refractivity contribution < 1.29 is 14.6 Å². The Balaban J connectivity index is 2.02. The molecule has 2 fully saturated rings. The van der Waals surface area contributed by atoms with Gasteiger partial charge < -0.3 is 9.84 Å². The third-order valence-electron chi connectivity index (χ3n) is 3.36. The summed E-state index contributed by atoms with van der Waals surface area (Å²) in [6, 6.07) is 0. The molecule has 2 rings (SSSR count). The molecule has 2 aliphatic rings. The maximum absolute atomic E-state index is 10.8. The zero-order chi connectivity index (χ0) is 9.31. The molecule has 3 heteroatoms. The second-order valence-corrected chi connectivity index (χ2v) is 4.27. The summed E-state index contributed by atoms with van der Waals surface area (Å²) in [6.45, 7) is 0.636. The second kappa shape index (κ2) is 3.29. The van der Waals surface area contributed by atoms with Gasteiger partial charge in [0.2, 0.25) is 0 Å². The molecule has 1 aliphatic carbocycles. The van der Waals surface area contributed by atoms with E-state index in [0.717, 1.165) is 19.3 Å². The lowest BCUT2D eigenvalue weighted by atomic mass is 9.85. The number of rotatable bonds is 1. The predicted molar refractivity (Wildman–Crippen MR) is 47.5 cm³/mol. The van der Waals surface area contributed by atoms with Crippen molar-refractivity contribution in [2.45, 2.75) is 44.1 Å². The molecule has 1 saturated heterocycles. The molecule has 74 valence electrons. The van der Waals surface area contributed by atoms with Crippen LogP contribution in [0.3, 0.4) is 0 Å². The van der Waals surface area contributed by atoms with Gasteiger partial charge in [-0.1, -0.05) is 12.8 Å². The third-order valence-corrected chi connectivity index (χ3v) is 3.36. The van der Waals surface area contributed by atoms with E-state index in [4.69, 9.17) is 9.84 Å². The minimum atomic E-state index is -0.644. The molecule has 0 aromatic rings. The first-order valence-corrected chi connectivity index (χ1v) is 5.09. The topological polar surface area (TPSA) is 46.5 Å². The first kappa shape index (κ1) is 9.00. The number of carboxylic acids is 1. The van der Waals surface area contributed by atoms with Crippen LogP contribution >= 0.6 is 0 Å². The van der Waals surface area contributed by atoms with E-state index in [1.165, 1.54) is 12.8 Å². The molecule has 1 spiro atoms. The smallest absolute Gasteiger partial charge is 0.306 e. The van der Waals surface area contributed by atoms with E-state index in [9.17, 15) is 4.79 Å². The van der Waals surface area contributed by atoms with Crippen LogP contribution in [0.4, 0.5) is 0 Å². The number of carboxylic acid groups (broad SMARTS) is 1. The van der Waals surface area contributed by atoms with Gasteiger partial charge in [-0.2, -0.15) is 0 Å². The van der Waals surface area contributed by atoms with Crippen LogP contribution in [0.5, 0.6) is 0 Å². The minimum absolute atomic E-state index is 0.0543. The average molecular weight is 184 g/mol. The molecule has 13 heavy (non-hydrogen) atoms. The van der Waals surface area contributed by atoms with Crippen LogP contribution in [-0.2, 0) is 9.53 Å². The van der Waals surface area contributed by atoms with E-state index >= 15 is 0 Å². The molecule has 1 unspecified atom stereocenters. The van der Waals surface area contributed by atoms with Crippen LogP contribution in [0.25, 0.3) is 0 Å². The highest BCUT2D eigenvalue weighted by Crippen LogP contribution is 2.41. The van der Waals surface area contributed by atoms with Gasteiger partial charge in [0.1, 0.15) is 0 Å². The molecule has 3 nitrogen and oxygen atoms in total. The molecule has 1 heterocycles. The summed E-state index contributed by atoms with van der Waals surface area (Å²) in [5.74, 6) is -0.804. The summed E-state index contributed by atoms with van der Waals surface area (Å²) in [4.78, 5) is 10.8. The fraction of sp³-hybridized carbons (Fsp3) is 0.900. The van der Waals surface area contributed by atoms with Gasteiger partial charge >= 0.3 is 5.97 Å². The normalized spacial score (nSPS) is 32.2. The van der Waals surface area contributed by atoms with E-state index in [0.29, 0.717) is 13.0 Å². The maximum atomic E-state index is 10.8. The third kappa shape index (κ3) is 1.70. The van der Waals surface area contributed by atoms with Gasteiger partial charge in [0, 0.05) is 6.61 Å². The average Bonchev–Trinajstić information content (AvgIpc) is 2.53. The van der Waals surface area contributed by atoms with E-state index in [1.807, 2.05) is 0 Å². The van der Waals surface area contributed by atoms with E-state index < -0.39 is 5.97 Å². The number of aliphatic carboxylic acids is 1. The molecule has 1 N–H and O–H groups in total. The van der Waals surface area contributed by atoms with Crippen molar-refractivity contribution in [2.24, 2.45) is 5.92 Å². The van der Waals surface area contributed by atoms with E-state index in [2.05, 4.69) is 0 Å². The largest absolute Gasteiger partial charge is 0.481 e. The minimum Gasteiger partial charge on any atom is -0.481 e. The quantitative estimate of drug-likeness (QED) is 0.676. The zero-order valence-electron chi connectivity index (χ0n) is 7.79. The Morgan fingerprint density at radius 1 is 1.38 bits per heavy atom. The zero-order valence-corrected chi connectivity index (χ0v) is 7.79. The highest BCUT2D eigenvalue weighted by atomic mass is 16.5. The van der Waals surface area contributed by atoms with E-state index in [1.54, 1.807) is 0 Å². The Labute approximate surface area is 78.1 Å². The van der Waals surface area contributed by atoms with Crippen molar-refractivity contribution in [3.05, 3.63) is 0 Å². The van der Waals surface area contributed by atoms with Crippen molar-refractivity contribution in [1.29, 1.82) is 0 Å². The predicted octanol–water partition coefficient (Wildman–Crippen LogP) is 1.81. The van der Waals surface area contributed by atoms with E-state index in [-0.39, 0.29) is 11.5 Å². The molecule has 1 atom stereocenters. The molecular weight excluding hydrogens is 168 g/mol. The van der Waals surface area contributed by atoms with Gasteiger partial charge in [-0.15, -0.1) is 0 Å². The molecule has 0 aromatic carbocycles. The summed E-state index contributed by atoms with van der Waals surface area (Å²) in [6.07, 6.45) is 5.96. The van der Waals surface area contributed by atoms with Crippen molar-refractivity contribution in [3.8, 4) is 0 Å². The Morgan fingerprint density at radius 2 is 2.08 bits per heavy atom. The fourth-order valence-corrected chi connectivity index (χ4v) is 2.61. The lowest BCUT2D eigenvalue weighted by Crippen LogP contribution is -2.39. The van der Waals surface area contributed by atoms with Crippen LogP contribution in [0.2, 0.25) is 0 Å². The summed E-state index contributed by atoms with van der Waals surface area (Å²) in [5, 5.41) is 8.93. The SMILES string of the molecule is O=C(O)C1CCOC2(CCCC2)C1. The van der Waals surface area contributed by atoms with Crippen LogP contribution in [0.15, 0.2) is 0 Å².